The van der Waals surface area contributed by atoms with Crippen LogP contribution in [0.3, 0.4) is 0 Å². The van der Waals surface area contributed by atoms with Crippen molar-refractivity contribution in [2.75, 3.05) is 32.7 Å². The van der Waals surface area contributed by atoms with E-state index in [9.17, 15) is 9.59 Å². The number of nitrogens with one attached hydrogen (secondary N) is 1. The Morgan fingerprint density at radius 2 is 1.77 bits per heavy atom. The van der Waals surface area contributed by atoms with E-state index in [1.165, 1.54) is 23.3 Å². The highest BCUT2D eigenvalue weighted by molar-refractivity contribution is 5.89. The lowest BCUT2D eigenvalue weighted by atomic mass is 10.1. The number of amides is 2. The Hall–Kier alpha value is -1.88. The molecule has 1 N–H and O–H groups in total. The highest BCUT2D eigenvalue weighted by Gasteiger charge is 2.40. The van der Waals surface area contributed by atoms with E-state index in [4.69, 9.17) is 0 Å². The third-order valence-electron chi connectivity index (χ3n) is 6.35. The summed E-state index contributed by atoms with van der Waals surface area (Å²) in [6.07, 6.45) is 5.10. The molecule has 0 aromatic heterocycles. The molecule has 0 radical (unpaired) electrons. The summed E-state index contributed by atoms with van der Waals surface area (Å²) in [7, 11) is 0. The number of carbonyl (C=O) groups is 2. The molecule has 4 rings (SSSR count). The fraction of sp³-hybridized carbons (Fsp3) is 0.619. The van der Waals surface area contributed by atoms with Gasteiger partial charge in [-0.05, 0) is 12.8 Å². The molecule has 1 atom stereocenters. The number of quaternary nitrogens is 1. The summed E-state index contributed by atoms with van der Waals surface area (Å²) in [4.78, 5) is 30.8. The SMILES string of the molecule is O=C([C@H]1CC(=O)N(C2CCCC2)C1)N1CC[NH+](Cc2ccccc2)CC1. The summed E-state index contributed by atoms with van der Waals surface area (Å²) < 4.78 is 0. The van der Waals surface area contributed by atoms with Gasteiger partial charge in [0.2, 0.25) is 11.8 Å². The molecule has 2 aliphatic heterocycles. The molecule has 5 heteroatoms. The number of hydrogen-bond donors (Lipinski definition) is 1. The minimum absolute atomic E-state index is 0.112. The van der Waals surface area contributed by atoms with Gasteiger partial charge < -0.3 is 14.7 Å². The van der Waals surface area contributed by atoms with E-state index in [0.29, 0.717) is 19.0 Å². The van der Waals surface area contributed by atoms with Gasteiger partial charge in [-0.25, -0.2) is 0 Å². The minimum atomic E-state index is -0.112. The molecule has 0 bridgehead atoms. The van der Waals surface area contributed by atoms with Crippen LogP contribution in [0.2, 0.25) is 0 Å². The molecule has 140 valence electrons. The van der Waals surface area contributed by atoms with Gasteiger partial charge in [0, 0.05) is 24.6 Å². The van der Waals surface area contributed by atoms with E-state index < -0.39 is 0 Å². The maximum Gasteiger partial charge on any atom is 0.228 e. The predicted molar refractivity (Wildman–Crippen MR) is 99.5 cm³/mol. The van der Waals surface area contributed by atoms with Crippen LogP contribution in [0.5, 0.6) is 0 Å². The molecule has 1 aliphatic carbocycles. The molecule has 26 heavy (non-hydrogen) atoms. The second kappa shape index (κ2) is 7.78. The van der Waals surface area contributed by atoms with Crippen LogP contribution < -0.4 is 4.90 Å². The van der Waals surface area contributed by atoms with Crippen LogP contribution in [0.4, 0.5) is 0 Å². The van der Waals surface area contributed by atoms with Crippen LogP contribution in [-0.2, 0) is 16.1 Å². The van der Waals surface area contributed by atoms with Gasteiger partial charge in [0.1, 0.15) is 6.54 Å². The van der Waals surface area contributed by atoms with E-state index in [0.717, 1.165) is 45.6 Å². The fourth-order valence-corrected chi connectivity index (χ4v) is 4.83. The lowest BCUT2D eigenvalue weighted by Crippen LogP contribution is -3.13. The standard InChI is InChI=1S/C21H29N3O2/c25-20-14-18(16-24(20)19-8-4-5-9-19)21(26)23-12-10-22(11-13-23)15-17-6-2-1-3-7-17/h1-3,6-7,18-19H,4-5,8-16H2/p+1/t18-/m0/s1. The fourth-order valence-electron chi connectivity index (χ4n) is 4.83. The molecule has 2 amide bonds. The van der Waals surface area contributed by atoms with Gasteiger partial charge in [-0.1, -0.05) is 43.2 Å². The maximum atomic E-state index is 12.9. The Labute approximate surface area is 155 Å². The summed E-state index contributed by atoms with van der Waals surface area (Å²) in [5.41, 5.74) is 1.36. The normalized spacial score (nSPS) is 25.2. The smallest absolute Gasteiger partial charge is 0.228 e. The van der Waals surface area contributed by atoms with Gasteiger partial charge in [-0.15, -0.1) is 0 Å². The molecular formula is C21H30N3O2+. The van der Waals surface area contributed by atoms with Gasteiger partial charge >= 0.3 is 0 Å². The number of hydrogen-bond acceptors (Lipinski definition) is 2. The van der Waals surface area contributed by atoms with Gasteiger partial charge in [0.15, 0.2) is 0 Å². The molecule has 5 nitrogen and oxygen atoms in total. The molecule has 0 unspecified atom stereocenters. The number of piperazine rings is 1. The maximum absolute atomic E-state index is 12.9. The Bertz CT molecular complexity index is 634. The lowest BCUT2D eigenvalue weighted by molar-refractivity contribution is -0.917. The number of nitrogens with zero attached hydrogens (tertiary/aromatic N) is 2. The first kappa shape index (κ1) is 17.5. The van der Waals surface area contributed by atoms with Gasteiger partial charge in [-0.2, -0.15) is 0 Å². The third kappa shape index (κ3) is 3.78. The zero-order valence-corrected chi connectivity index (χ0v) is 15.5. The van der Waals surface area contributed by atoms with Crippen molar-refractivity contribution in [3.05, 3.63) is 35.9 Å². The van der Waals surface area contributed by atoms with E-state index in [1.807, 2.05) is 15.9 Å². The lowest BCUT2D eigenvalue weighted by Gasteiger charge is -2.33. The molecule has 0 spiro atoms. The number of likely N-dealkylation sites (tertiary alicyclic amines) is 1. The first-order valence-electron chi connectivity index (χ1n) is 10.2. The van der Waals surface area contributed by atoms with Crippen LogP contribution in [0, 0.1) is 5.92 Å². The second-order valence-electron chi connectivity index (χ2n) is 8.12. The average Bonchev–Trinajstić information content (AvgIpc) is 3.32. The van der Waals surface area contributed by atoms with Crippen molar-refractivity contribution in [2.24, 2.45) is 5.92 Å². The summed E-state index contributed by atoms with van der Waals surface area (Å²) in [6.45, 7) is 5.30. The van der Waals surface area contributed by atoms with E-state index in [2.05, 4.69) is 24.3 Å². The average molecular weight is 356 g/mol. The first-order chi connectivity index (χ1) is 12.7. The van der Waals surface area contributed by atoms with E-state index in [1.54, 1.807) is 0 Å². The summed E-state index contributed by atoms with van der Waals surface area (Å²) in [5.74, 6) is 0.292. The molecular weight excluding hydrogens is 326 g/mol. The highest BCUT2D eigenvalue weighted by atomic mass is 16.2. The summed E-state index contributed by atoms with van der Waals surface area (Å²) >= 11 is 0. The van der Waals surface area contributed by atoms with Gasteiger partial charge in [-0.3, -0.25) is 9.59 Å². The first-order valence-corrected chi connectivity index (χ1v) is 10.2. The predicted octanol–water partition coefficient (Wildman–Crippen LogP) is 0.705. The molecule has 1 aromatic rings. The van der Waals surface area contributed by atoms with Crippen molar-refractivity contribution >= 4 is 11.8 Å². The van der Waals surface area contributed by atoms with Crippen LogP contribution in [0.25, 0.3) is 0 Å². The topological polar surface area (TPSA) is 45.1 Å². The number of carbonyl (C=O) groups excluding carboxylic acids is 2. The molecule has 3 aliphatic rings. The monoisotopic (exact) mass is 356 g/mol. The van der Waals surface area contributed by atoms with Gasteiger partial charge in [0.05, 0.1) is 32.1 Å². The van der Waals surface area contributed by atoms with Crippen molar-refractivity contribution in [2.45, 2.75) is 44.7 Å². The van der Waals surface area contributed by atoms with Crippen molar-refractivity contribution in [3.8, 4) is 0 Å². The molecule has 2 saturated heterocycles. The Morgan fingerprint density at radius 3 is 2.46 bits per heavy atom. The molecule has 1 saturated carbocycles. The largest absolute Gasteiger partial charge is 0.339 e. The second-order valence-corrected chi connectivity index (χ2v) is 8.12. The van der Waals surface area contributed by atoms with E-state index in [-0.39, 0.29) is 17.7 Å². The molecule has 2 heterocycles. The van der Waals surface area contributed by atoms with Crippen LogP contribution in [0.15, 0.2) is 30.3 Å². The Morgan fingerprint density at radius 1 is 1.08 bits per heavy atom. The van der Waals surface area contributed by atoms with Crippen LogP contribution >= 0.6 is 0 Å². The molecule has 1 aromatic carbocycles. The van der Waals surface area contributed by atoms with Crippen LogP contribution in [0.1, 0.15) is 37.7 Å². The van der Waals surface area contributed by atoms with Crippen molar-refractivity contribution in [3.63, 3.8) is 0 Å². The van der Waals surface area contributed by atoms with Crippen molar-refractivity contribution in [1.82, 2.24) is 9.80 Å². The van der Waals surface area contributed by atoms with E-state index >= 15 is 0 Å². The van der Waals surface area contributed by atoms with Gasteiger partial charge in [0.25, 0.3) is 0 Å². The van der Waals surface area contributed by atoms with Crippen molar-refractivity contribution in [1.29, 1.82) is 0 Å². The number of rotatable bonds is 4. The van der Waals surface area contributed by atoms with Crippen LogP contribution in [-0.4, -0.2) is 60.4 Å². The minimum Gasteiger partial charge on any atom is -0.339 e. The highest BCUT2D eigenvalue weighted by Crippen LogP contribution is 2.30. The number of benzene rings is 1. The zero-order valence-electron chi connectivity index (χ0n) is 15.5. The Balaban J connectivity index is 1.28. The van der Waals surface area contributed by atoms with Crippen molar-refractivity contribution < 1.29 is 14.5 Å². The quantitative estimate of drug-likeness (QED) is 0.863. The zero-order chi connectivity index (χ0) is 17.9. The third-order valence-corrected chi connectivity index (χ3v) is 6.35. The molecule has 3 fully saturated rings. The summed E-state index contributed by atoms with van der Waals surface area (Å²) in [6, 6.07) is 11.0. The summed E-state index contributed by atoms with van der Waals surface area (Å²) in [5, 5.41) is 0. The Kier molecular flexibility index (Phi) is 5.25.